The summed E-state index contributed by atoms with van der Waals surface area (Å²) in [5.41, 5.74) is 0.411. The van der Waals surface area contributed by atoms with Gasteiger partial charge in [-0.15, -0.1) is 0 Å². The fourth-order valence-corrected chi connectivity index (χ4v) is 2.20. The minimum absolute atomic E-state index is 0.0684. The van der Waals surface area contributed by atoms with Gasteiger partial charge in [-0.3, -0.25) is 9.59 Å². The fourth-order valence-electron chi connectivity index (χ4n) is 1.42. The van der Waals surface area contributed by atoms with Crippen molar-refractivity contribution in [3.63, 3.8) is 0 Å². The first kappa shape index (κ1) is 13.7. The molecule has 0 saturated heterocycles. The number of carbonyl (C=O) groups is 2. The van der Waals surface area contributed by atoms with Gasteiger partial charge in [0, 0.05) is 5.56 Å². The van der Waals surface area contributed by atoms with Crippen LogP contribution in [-0.2, 0) is 19.7 Å². The SMILES string of the molecule is CC(=O)c1ccc(S(=O)(=O)NOC(=O)C2CC2)cc1. The second kappa shape index (κ2) is 5.10. The Balaban J connectivity index is 2.05. The number of Topliss-reactive ketones (excluding diaryl/α,β-unsaturated/α-hetero) is 1. The molecule has 102 valence electrons. The highest BCUT2D eigenvalue weighted by Crippen LogP contribution is 2.29. The molecule has 6 nitrogen and oxygen atoms in total. The Hall–Kier alpha value is -1.73. The summed E-state index contributed by atoms with van der Waals surface area (Å²) in [5.74, 6) is -0.913. The van der Waals surface area contributed by atoms with Crippen molar-refractivity contribution in [3.05, 3.63) is 29.8 Å². The van der Waals surface area contributed by atoms with Crippen LogP contribution in [0.2, 0.25) is 0 Å². The number of benzene rings is 1. The predicted molar refractivity (Wildman–Crippen MR) is 65.6 cm³/mol. The van der Waals surface area contributed by atoms with Crippen LogP contribution in [0.3, 0.4) is 0 Å². The molecule has 0 amide bonds. The highest BCUT2D eigenvalue weighted by molar-refractivity contribution is 7.89. The molecule has 0 atom stereocenters. The molecular weight excluding hydrogens is 270 g/mol. The fraction of sp³-hybridized carbons (Fsp3) is 0.333. The smallest absolute Gasteiger partial charge is 0.329 e. The molecule has 1 aliphatic rings. The quantitative estimate of drug-likeness (QED) is 0.644. The molecule has 0 radical (unpaired) electrons. The van der Waals surface area contributed by atoms with Gasteiger partial charge in [-0.1, -0.05) is 12.1 Å². The molecule has 1 N–H and O–H groups in total. The lowest BCUT2D eigenvalue weighted by atomic mass is 10.2. The van der Waals surface area contributed by atoms with Gasteiger partial charge in [0.2, 0.25) is 0 Å². The lowest BCUT2D eigenvalue weighted by Gasteiger charge is -2.06. The normalized spacial score (nSPS) is 15.0. The molecule has 2 rings (SSSR count). The van der Waals surface area contributed by atoms with Crippen LogP contribution < -0.4 is 4.89 Å². The predicted octanol–water partition coefficient (Wildman–Crippen LogP) is 1.04. The number of hydrogen-bond donors (Lipinski definition) is 1. The Morgan fingerprint density at radius 3 is 2.26 bits per heavy atom. The molecule has 1 aromatic rings. The van der Waals surface area contributed by atoms with E-state index in [1.807, 2.05) is 0 Å². The molecule has 0 aromatic heterocycles. The molecule has 1 fully saturated rings. The minimum atomic E-state index is -3.91. The summed E-state index contributed by atoms with van der Waals surface area (Å²) in [5, 5.41) is 0. The van der Waals surface area contributed by atoms with E-state index >= 15 is 0 Å². The van der Waals surface area contributed by atoms with Crippen LogP contribution in [0.5, 0.6) is 0 Å². The van der Waals surface area contributed by atoms with Crippen molar-refractivity contribution in [3.8, 4) is 0 Å². The van der Waals surface area contributed by atoms with Crippen LogP contribution in [0.25, 0.3) is 0 Å². The molecule has 1 aliphatic carbocycles. The third kappa shape index (κ3) is 3.39. The van der Waals surface area contributed by atoms with E-state index < -0.39 is 16.0 Å². The summed E-state index contributed by atoms with van der Waals surface area (Å²) in [7, 11) is -3.91. The van der Waals surface area contributed by atoms with E-state index in [0.29, 0.717) is 5.56 Å². The van der Waals surface area contributed by atoms with Crippen LogP contribution in [0, 0.1) is 5.92 Å². The largest absolute Gasteiger partial charge is 0.355 e. The van der Waals surface area contributed by atoms with E-state index in [1.54, 1.807) is 4.89 Å². The summed E-state index contributed by atoms with van der Waals surface area (Å²) in [6, 6.07) is 5.37. The number of hydrogen-bond acceptors (Lipinski definition) is 5. The van der Waals surface area contributed by atoms with Crippen molar-refractivity contribution in [2.24, 2.45) is 5.92 Å². The highest BCUT2D eigenvalue weighted by atomic mass is 32.2. The molecule has 1 saturated carbocycles. The standard InChI is InChI=1S/C12H13NO5S/c1-8(14)9-4-6-11(7-5-9)19(16,17)13-18-12(15)10-2-3-10/h4-7,10,13H,2-3H2,1H3. The Kier molecular flexibility index (Phi) is 3.68. The van der Waals surface area contributed by atoms with E-state index in [-0.39, 0.29) is 16.6 Å². The number of rotatable bonds is 5. The van der Waals surface area contributed by atoms with Crippen LogP contribution in [0.15, 0.2) is 29.2 Å². The van der Waals surface area contributed by atoms with E-state index in [1.165, 1.54) is 31.2 Å². The Bertz CT molecular complexity index is 602. The van der Waals surface area contributed by atoms with Gasteiger partial charge in [0.1, 0.15) is 0 Å². The monoisotopic (exact) mass is 283 g/mol. The maximum atomic E-state index is 11.8. The Morgan fingerprint density at radius 2 is 1.79 bits per heavy atom. The van der Waals surface area contributed by atoms with Crippen molar-refractivity contribution in [2.45, 2.75) is 24.7 Å². The first-order valence-corrected chi connectivity index (χ1v) is 7.22. The average Bonchev–Trinajstić information content (AvgIpc) is 3.20. The first-order valence-electron chi connectivity index (χ1n) is 5.73. The third-order valence-electron chi connectivity index (χ3n) is 2.73. The van der Waals surface area contributed by atoms with Crippen LogP contribution in [0.4, 0.5) is 0 Å². The van der Waals surface area contributed by atoms with Gasteiger partial charge in [-0.25, -0.2) is 8.42 Å². The molecular formula is C12H13NO5S. The van der Waals surface area contributed by atoms with Gasteiger partial charge in [-0.2, -0.15) is 0 Å². The number of sulfonamides is 1. The van der Waals surface area contributed by atoms with Crippen molar-refractivity contribution in [1.29, 1.82) is 0 Å². The number of ketones is 1. The summed E-state index contributed by atoms with van der Waals surface area (Å²) in [6.45, 7) is 1.39. The molecule has 0 spiro atoms. The summed E-state index contributed by atoms with van der Waals surface area (Å²) in [6.07, 6.45) is 1.46. The maximum absolute atomic E-state index is 11.8. The Labute approximate surface area is 110 Å². The molecule has 0 aliphatic heterocycles. The molecule has 19 heavy (non-hydrogen) atoms. The summed E-state index contributed by atoms with van der Waals surface area (Å²) >= 11 is 0. The van der Waals surface area contributed by atoms with Crippen molar-refractivity contribution >= 4 is 21.8 Å². The molecule has 0 unspecified atom stereocenters. The van der Waals surface area contributed by atoms with Crippen LogP contribution >= 0.6 is 0 Å². The van der Waals surface area contributed by atoms with Crippen LogP contribution in [-0.4, -0.2) is 20.2 Å². The molecule has 0 heterocycles. The topological polar surface area (TPSA) is 89.5 Å². The first-order chi connectivity index (χ1) is 8.90. The third-order valence-corrected chi connectivity index (χ3v) is 3.93. The molecule has 7 heteroatoms. The zero-order valence-corrected chi connectivity index (χ0v) is 11.1. The average molecular weight is 283 g/mol. The summed E-state index contributed by atoms with van der Waals surface area (Å²) < 4.78 is 23.6. The van der Waals surface area contributed by atoms with E-state index in [4.69, 9.17) is 0 Å². The maximum Gasteiger partial charge on any atom is 0.329 e. The van der Waals surface area contributed by atoms with E-state index in [0.717, 1.165) is 12.8 Å². The van der Waals surface area contributed by atoms with Gasteiger partial charge in [-0.05, 0) is 36.8 Å². The lowest BCUT2D eigenvalue weighted by Crippen LogP contribution is -2.28. The van der Waals surface area contributed by atoms with E-state index in [9.17, 15) is 18.0 Å². The number of carbonyl (C=O) groups excluding carboxylic acids is 2. The number of nitrogens with one attached hydrogen (secondary N) is 1. The van der Waals surface area contributed by atoms with Gasteiger partial charge >= 0.3 is 5.97 Å². The van der Waals surface area contributed by atoms with Gasteiger partial charge in [0.25, 0.3) is 10.0 Å². The zero-order chi connectivity index (χ0) is 14.0. The van der Waals surface area contributed by atoms with Crippen molar-refractivity contribution in [1.82, 2.24) is 4.89 Å². The van der Waals surface area contributed by atoms with Gasteiger partial charge in [0.15, 0.2) is 5.78 Å². The minimum Gasteiger partial charge on any atom is -0.355 e. The van der Waals surface area contributed by atoms with Crippen molar-refractivity contribution < 1.29 is 22.8 Å². The molecule has 0 bridgehead atoms. The van der Waals surface area contributed by atoms with Crippen molar-refractivity contribution in [2.75, 3.05) is 0 Å². The zero-order valence-electron chi connectivity index (χ0n) is 10.3. The van der Waals surface area contributed by atoms with E-state index in [2.05, 4.69) is 4.84 Å². The second-order valence-electron chi connectivity index (χ2n) is 4.36. The van der Waals surface area contributed by atoms with Crippen LogP contribution in [0.1, 0.15) is 30.1 Å². The molecule has 1 aromatic carbocycles. The summed E-state index contributed by atoms with van der Waals surface area (Å²) in [4.78, 5) is 28.5. The lowest BCUT2D eigenvalue weighted by molar-refractivity contribution is -0.148. The second-order valence-corrected chi connectivity index (χ2v) is 6.01. The van der Waals surface area contributed by atoms with Gasteiger partial charge in [0.05, 0.1) is 10.8 Å². The Morgan fingerprint density at radius 1 is 1.21 bits per heavy atom. The van der Waals surface area contributed by atoms with Gasteiger partial charge < -0.3 is 4.84 Å². The highest BCUT2D eigenvalue weighted by Gasteiger charge is 2.32.